The first-order valence-corrected chi connectivity index (χ1v) is 8.64. The summed E-state index contributed by atoms with van der Waals surface area (Å²) in [5, 5.41) is 0. The Morgan fingerprint density at radius 3 is 2.71 bits per heavy atom. The molecule has 2 saturated heterocycles. The third kappa shape index (κ3) is 5.58. The molecule has 0 aromatic heterocycles. The zero-order valence-corrected chi connectivity index (χ0v) is 14.5. The molecular weight excluding hydrogens is 310 g/mol. The summed E-state index contributed by atoms with van der Waals surface area (Å²) in [4.78, 5) is 27.6. The van der Waals surface area contributed by atoms with Crippen LogP contribution in [0, 0.1) is 0 Å². The molecule has 1 atom stereocenters. The van der Waals surface area contributed by atoms with Crippen molar-refractivity contribution in [3.63, 3.8) is 0 Å². The van der Waals surface area contributed by atoms with Crippen molar-refractivity contribution in [1.82, 2.24) is 9.80 Å². The minimum absolute atomic E-state index is 0.00320. The SMILES string of the molecule is COC1(CCC(N)=O)CCCN(C(=O)/C=C/CN2CCOCC2)C1. The molecule has 0 aromatic carbocycles. The van der Waals surface area contributed by atoms with Crippen molar-refractivity contribution in [3.8, 4) is 0 Å². The van der Waals surface area contributed by atoms with Crippen molar-refractivity contribution < 1.29 is 19.1 Å². The van der Waals surface area contributed by atoms with Crippen LogP contribution >= 0.6 is 0 Å². The van der Waals surface area contributed by atoms with Crippen molar-refractivity contribution >= 4 is 11.8 Å². The first kappa shape index (κ1) is 18.9. The molecule has 2 aliphatic heterocycles. The Hall–Kier alpha value is -1.44. The number of amides is 2. The Labute approximate surface area is 143 Å². The third-order valence-electron chi connectivity index (χ3n) is 4.84. The summed E-state index contributed by atoms with van der Waals surface area (Å²) in [6.07, 6.45) is 6.12. The van der Waals surface area contributed by atoms with Gasteiger partial charge in [-0.2, -0.15) is 0 Å². The van der Waals surface area contributed by atoms with Crippen molar-refractivity contribution in [3.05, 3.63) is 12.2 Å². The highest BCUT2D eigenvalue weighted by molar-refractivity contribution is 5.87. The third-order valence-corrected chi connectivity index (χ3v) is 4.84. The van der Waals surface area contributed by atoms with Gasteiger partial charge in [-0.05, 0) is 19.3 Å². The molecule has 0 bridgehead atoms. The van der Waals surface area contributed by atoms with Crippen LogP contribution in [0.2, 0.25) is 0 Å². The Morgan fingerprint density at radius 1 is 1.29 bits per heavy atom. The number of hydrogen-bond donors (Lipinski definition) is 1. The van der Waals surface area contributed by atoms with E-state index in [1.54, 1.807) is 13.2 Å². The van der Waals surface area contributed by atoms with Crippen LogP contribution in [0.3, 0.4) is 0 Å². The molecule has 0 saturated carbocycles. The van der Waals surface area contributed by atoms with Crippen molar-refractivity contribution in [1.29, 1.82) is 0 Å². The molecule has 24 heavy (non-hydrogen) atoms. The molecule has 1 unspecified atom stereocenters. The van der Waals surface area contributed by atoms with Gasteiger partial charge in [-0.25, -0.2) is 0 Å². The molecular formula is C17H29N3O4. The Morgan fingerprint density at radius 2 is 2.04 bits per heavy atom. The van der Waals surface area contributed by atoms with Gasteiger partial charge in [-0.1, -0.05) is 6.08 Å². The normalized spacial score (nSPS) is 26.0. The van der Waals surface area contributed by atoms with E-state index in [9.17, 15) is 9.59 Å². The number of primary amides is 1. The fraction of sp³-hybridized carbons (Fsp3) is 0.765. The largest absolute Gasteiger partial charge is 0.379 e. The molecule has 2 fully saturated rings. The number of nitrogens with two attached hydrogens (primary N) is 1. The number of methoxy groups -OCH3 is 1. The smallest absolute Gasteiger partial charge is 0.246 e. The number of hydrogen-bond acceptors (Lipinski definition) is 5. The van der Waals surface area contributed by atoms with Gasteiger partial charge < -0.3 is 20.1 Å². The van der Waals surface area contributed by atoms with Crippen LogP contribution in [0.15, 0.2) is 12.2 Å². The molecule has 136 valence electrons. The molecule has 2 heterocycles. The second kappa shape index (κ2) is 9.15. The summed E-state index contributed by atoms with van der Waals surface area (Å²) in [6.45, 7) is 5.32. The lowest BCUT2D eigenvalue weighted by atomic mass is 9.87. The van der Waals surface area contributed by atoms with E-state index < -0.39 is 5.60 Å². The molecule has 2 amide bonds. The van der Waals surface area contributed by atoms with E-state index in [4.69, 9.17) is 15.2 Å². The number of nitrogens with zero attached hydrogens (tertiary/aromatic N) is 2. The number of rotatable bonds is 7. The average molecular weight is 339 g/mol. The molecule has 2 aliphatic rings. The Kier molecular flexibility index (Phi) is 7.20. The van der Waals surface area contributed by atoms with Gasteiger partial charge in [-0.15, -0.1) is 0 Å². The number of morpholine rings is 1. The maximum absolute atomic E-state index is 12.4. The maximum Gasteiger partial charge on any atom is 0.246 e. The predicted molar refractivity (Wildman–Crippen MR) is 90.4 cm³/mol. The summed E-state index contributed by atoms with van der Waals surface area (Å²) in [7, 11) is 1.64. The zero-order chi connectivity index (χ0) is 17.4. The fourth-order valence-corrected chi connectivity index (χ4v) is 3.30. The second-order valence-electron chi connectivity index (χ2n) is 6.53. The molecule has 0 radical (unpaired) electrons. The summed E-state index contributed by atoms with van der Waals surface area (Å²) in [6, 6.07) is 0. The van der Waals surface area contributed by atoms with Crippen LogP contribution in [-0.4, -0.2) is 80.3 Å². The van der Waals surface area contributed by atoms with Crippen LogP contribution < -0.4 is 5.73 Å². The van der Waals surface area contributed by atoms with E-state index in [0.717, 1.165) is 52.2 Å². The van der Waals surface area contributed by atoms with E-state index in [2.05, 4.69) is 4.90 Å². The van der Waals surface area contributed by atoms with Crippen LogP contribution in [0.4, 0.5) is 0 Å². The van der Waals surface area contributed by atoms with Crippen LogP contribution in [-0.2, 0) is 19.1 Å². The second-order valence-corrected chi connectivity index (χ2v) is 6.53. The van der Waals surface area contributed by atoms with Crippen LogP contribution in [0.5, 0.6) is 0 Å². The van der Waals surface area contributed by atoms with Crippen molar-refractivity contribution in [2.75, 3.05) is 53.0 Å². The summed E-state index contributed by atoms with van der Waals surface area (Å²) in [5.41, 5.74) is 4.80. The minimum Gasteiger partial charge on any atom is -0.379 e. The van der Waals surface area contributed by atoms with Gasteiger partial charge in [0.25, 0.3) is 0 Å². The highest BCUT2D eigenvalue weighted by atomic mass is 16.5. The number of piperidine rings is 1. The Balaban J connectivity index is 1.85. The van der Waals surface area contributed by atoms with Gasteiger partial charge in [0.05, 0.1) is 18.8 Å². The van der Waals surface area contributed by atoms with Gasteiger partial charge in [0.15, 0.2) is 0 Å². The number of likely N-dealkylation sites (tertiary alicyclic amines) is 1. The lowest BCUT2D eigenvalue weighted by Crippen LogP contribution is -2.51. The molecule has 0 aromatic rings. The topological polar surface area (TPSA) is 85.1 Å². The summed E-state index contributed by atoms with van der Waals surface area (Å²) < 4.78 is 11.0. The fourth-order valence-electron chi connectivity index (χ4n) is 3.30. The van der Waals surface area contributed by atoms with Crippen LogP contribution in [0.25, 0.3) is 0 Å². The number of carbonyl (C=O) groups excluding carboxylic acids is 2. The monoisotopic (exact) mass is 339 g/mol. The lowest BCUT2D eigenvalue weighted by Gasteiger charge is -2.41. The number of carbonyl (C=O) groups is 2. The molecule has 7 heteroatoms. The van der Waals surface area contributed by atoms with Gasteiger partial charge >= 0.3 is 0 Å². The first-order valence-electron chi connectivity index (χ1n) is 8.64. The summed E-state index contributed by atoms with van der Waals surface area (Å²) in [5.74, 6) is -0.330. The highest BCUT2D eigenvalue weighted by Crippen LogP contribution is 2.29. The minimum atomic E-state index is -0.457. The van der Waals surface area contributed by atoms with E-state index in [1.165, 1.54) is 0 Å². The zero-order valence-electron chi connectivity index (χ0n) is 14.5. The first-order chi connectivity index (χ1) is 11.5. The predicted octanol–water partition coefficient (Wildman–Crippen LogP) is 0.148. The maximum atomic E-state index is 12.4. The van der Waals surface area contributed by atoms with E-state index >= 15 is 0 Å². The van der Waals surface area contributed by atoms with Crippen molar-refractivity contribution in [2.24, 2.45) is 5.73 Å². The Bertz CT molecular complexity index is 463. The van der Waals surface area contributed by atoms with E-state index in [1.807, 2.05) is 11.0 Å². The quantitative estimate of drug-likeness (QED) is 0.667. The van der Waals surface area contributed by atoms with E-state index in [0.29, 0.717) is 13.0 Å². The van der Waals surface area contributed by atoms with Gasteiger partial charge in [-0.3, -0.25) is 14.5 Å². The molecule has 0 aliphatic carbocycles. The average Bonchev–Trinajstić information content (AvgIpc) is 2.61. The lowest BCUT2D eigenvalue weighted by molar-refractivity contribution is -0.136. The van der Waals surface area contributed by atoms with Gasteiger partial charge in [0.2, 0.25) is 11.8 Å². The van der Waals surface area contributed by atoms with Gasteiger partial charge in [0.1, 0.15) is 0 Å². The molecule has 7 nitrogen and oxygen atoms in total. The molecule has 2 rings (SSSR count). The molecule has 2 N–H and O–H groups in total. The standard InChI is InChI=1S/C17H29N3O4/c1-23-17(7-5-15(18)21)6-3-9-20(14-17)16(22)4-2-8-19-10-12-24-13-11-19/h2,4H,3,5-14H2,1H3,(H2,18,21)/b4-2+. The number of ether oxygens (including phenoxy) is 2. The highest BCUT2D eigenvalue weighted by Gasteiger charge is 2.36. The van der Waals surface area contributed by atoms with Crippen LogP contribution in [0.1, 0.15) is 25.7 Å². The van der Waals surface area contributed by atoms with Crippen molar-refractivity contribution in [2.45, 2.75) is 31.3 Å². The molecule has 0 spiro atoms. The van der Waals surface area contributed by atoms with E-state index in [-0.39, 0.29) is 18.2 Å². The summed E-state index contributed by atoms with van der Waals surface area (Å²) >= 11 is 0. The van der Waals surface area contributed by atoms with Gasteiger partial charge in [0, 0.05) is 52.3 Å².